The standard InChI is InChI=1S/C8H14N2O3.C2H6/c1-6(2)10-8(9-3)13-5-7(12)4-11;1-2/h7,11-12H,1,3-5H2,2H3;1-2H3. The van der Waals surface area contributed by atoms with E-state index in [1.54, 1.807) is 6.92 Å². The second-order valence-corrected chi connectivity index (χ2v) is 2.44. The van der Waals surface area contributed by atoms with E-state index >= 15 is 0 Å². The summed E-state index contributed by atoms with van der Waals surface area (Å²) in [4.78, 5) is 7.24. The van der Waals surface area contributed by atoms with E-state index in [9.17, 15) is 0 Å². The highest BCUT2D eigenvalue weighted by Gasteiger charge is 2.04. The Hall–Kier alpha value is -1.20. The molecule has 15 heavy (non-hydrogen) atoms. The Morgan fingerprint density at radius 3 is 2.33 bits per heavy atom. The van der Waals surface area contributed by atoms with E-state index in [1.165, 1.54) is 0 Å². The lowest BCUT2D eigenvalue weighted by atomic mass is 10.4. The van der Waals surface area contributed by atoms with Gasteiger partial charge in [0.2, 0.25) is 0 Å². The van der Waals surface area contributed by atoms with Crippen LogP contribution in [0.25, 0.3) is 0 Å². The molecular weight excluding hydrogens is 196 g/mol. The molecule has 5 heteroatoms. The van der Waals surface area contributed by atoms with Gasteiger partial charge in [-0.3, -0.25) is 0 Å². The van der Waals surface area contributed by atoms with Crippen LogP contribution in [0.1, 0.15) is 20.8 Å². The van der Waals surface area contributed by atoms with Crippen molar-refractivity contribution in [2.45, 2.75) is 26.9 Å². The fourth-order valence-electron chi connectivity index (χ4n) is 0.500. The van der Waals surface area contributed by atoms with Gasteiger partial charge in [-0.15, -0.1) is 0 Å². The number of hydrogen-bond acceptors (Lipinski definition) is 4. The zero-order valence-corrected chi connectivity index (χ0v) is 9.60. The Labute approximate surface area is 90.8 Å². The summed E-state index contributed by atoms with van der Waals surface area (Å²) < 4.78 is 4.90. The average molecular weight is 216 g/mol. The van der Waals surface area contributed by atoms with Crippen molar-refractivity contribution in [3.63, 3.8) is 0 Å². The Kier molecular flexibility index (Phi) is 11.8. The molecule has 0 spiro atoms. The molecule has 0 aliphatic rings. The van der Waals surface area contributed by atoms with E-state index in [4.69, 9.17) is 14.9 Å². The molecule has 5 nitrogen and oxygen atoms in total. The maximum atomic E-state index is 8.92. The second kappa shape index (κ2) is 10.9. The summed E-state index contributed by atoms with van der Waals surface area (Å²) in [6.07, 6.45) is -0.933. The third-order valence-electron chi connectivity index (χ3n) is 1.04. The lowest BCUT2D eigenvalue weighted by Gasteiger charge is -2.08. The van der Waals surface area contributed by atoms with Gasteiger partial charge in [0.1, 0.15) is 12.7 Å². The van der Waals surface area contributed by atoms with Crippen molar-refractivity contribution in [2.24, 2.45) is 9.98 Å². The van der Waals surface area contributed by atoms with Crippen molar-refractivity contribution < 1.29 is 14.9 Å². The fourth-order valence-corrected chi connectivity index (χ4v) is 0.500. The number of aliphatic imine (C=N–C) groups is 2. The number of ether oxygens (including phenoxy) is 1. The number of aliphatic hydroxyl groups excluding tert-OH is 2. The van der Waals surface area contributed by atoms with Crippen molar-refractivity contribution in [1.82, 2.24) is 0 Å². The van der Waals surface area contributed by atoms with Crippen LogP contribution in [0, 0.1) is 0 Å². The molecule has 0 bridgehead atoms. The number of amidine groups is 1. The molecule has 88 valence electrons. The zero-order chi connectivity index (χ0) is 12.3. The lowest BCUT2D eigenvalue weighted by molar-refractivity contribution is 0.0491. The highest BCUT2D eigenvalue weighted by Crippen LogP contribution is 1.94. The summed E-state index contributed by atoms with van der Waals surface area (Å²) in [6, 6.07) is 0.0417. The van der Waals surface area contributed by atoms with Gasteiger partial charge in [0.25, 0.3) is 0 Å². The average Bonchev–Trinajstić information content (AvgIpc) is 2.25. The third-order valence-corrected chi connectivity index (χ3v) is 1.04. The number of rotatable bonds is 4. The monoisotopic (exact) mass is 216 g/mol. The van der Waals surface area contributed by atoms with Crippen LogP contribution in [0.15, 0.2) is 22.3 Å². The minimum atomic E-state index is -0.933. The van der Waals surface area contributed by atoms with Crippen LogP contribution in [-0.4, -0.2) is 42.3 Å². The zero-order valence-electron chi connectivity index (χ0n) is 9.60. The van der Waals surface area contributed by atoms with Crippen LogP contribution in [0.3, 0.4) is 0 Å². The Morgan fingerprint density at radius 1 is 1.47 bits per heavy atom. The van der Waals surface area contributed by atoms with Gasteiger partial charge in [-0.1, -0.05) is 20.4 Å². The fraction of sp³-hybridized carbons (Fsp3) is 0.600. The van der Waals surface area contributed by atoms with E-state index in [2.05, 4.69) is 23.3 Å². The number of nitrogens with zero attached hydrogens (tertiary/aromatic N) is 2. The van der Waals surface area contributed by atoms with Crippen molar-refractivity contribution in [1.29, 1.82) is 0 Å². The van der Waals surface area contributed by atoms with Gasteiger partial charge < -0.3 is 14.9 Å². The van der Waals surface area contributed by atoms with E-state index < -0.39 is 6.10 Å². The molecule has 0 fully saturated rings. The van der Waals surface area contributed by atoms with Crippen molar-refractivity contribution in [3.8, 4) is 0 Å². The largest absolute Gasteiger partial charge is 0.461 e. The minimum Gasteiger partial charge on any atom is -0.461 e. The van der Waals surface area contributed by atoms with Crippen LogP contribution < -0.4 is 0 Å². The highest BCUT2D eigenvalue weighted by molar-refractivity contribution is 5.79. The Balaban J connectivity index is 0. The molecule has 0 aliphatic carbocycles. The van der Waals surface area contributed by atoms with E-state index in [-0.39, 0.29) is 19.2 Å². The van der Waals surface area contributed by atoms with Gasteiger partial charge >= 0.3 is 6.02 Å². The van der Waals surface area contributed by atoms with E-state index in [0.29, 0.717) is 5.70 Å². The van der Waals surface area contributed by atoms with Gasteiger partial charge in [-0.25, -0.2) is 9.98 Å². The van der Waals surface area contributed by atoms with Crippen molar-refractivity contribution in [2.75, 3.05) is 13.2 Å². The number of allylic oxidation sites excluding steroid dienone is 1. The molecule has 0 aromatic carbocycles. The molecule has 0 radical (unpaired) electrons. The second-order valence-electron chi connectivity index (χ2n) is 2.44. The molecule has 2 N–H and O–H groups in total. The maximum Gasteiger partial charge on any atom is 0.316 e. The SMILES string of the molecule is C=NC(=NC(=C)C)OCC(O)CO.CC. The number of hydrogen-bond donors (Lipinski definition) is 2. The molecule has 0 saturated heterocycles. The molecule has 0 aliphatic heterocycles. The molecule has 1 unspecified atom stereocenters. The summed E-state index contributed by atoms with van der Waals surface area (Å²) in [5, 5.41) is 17.4. The van der Waals surface area contributed by atoms with Gasteiger partial charge in [-0.2, -0.15) is 0 Å². The molecule has 0 aromatic heterocycles. The molecule has 0 saturated carbocycles. The molecule has 0 rings (SSSR count). The predicted molar refractivity (Wildman–Crippen MR) is 62.2 cm³/mol. The molecule has 0 heterocycles. The third kappa shape index (κ3) is 10.7. The van der Waals surface area contributed by atoms with Gasteiger partial charge in [0.15, 0.2) is 0 Å². The Bertz CT molecular complexity index is 215. The number of aliphatic hydroxyl groups is 2. The minimum absolute atomic E-state index is 0.0417. The first-order valence-electron chi connectivity index (χ1n) is 4.72. The normalized spacial score (nSPS) is 12.2. The summed E-state index contributed by atoms with van der Waals surface area (Å²) in [5.74, 6) is 0. The van der Waals surface area contributed by atoms with E-state index in [1.807, 2.05) is 13.8 Å². The smallest absolute Gasteiger partial charge is 0.316 e. The lowest BCUT2D eigenvalue weighted by Crippen LogP contribution is -2.21. The predicted octanol–water partition coefficient (Wildman–Crippen LogP) is 0.973. The van der Waals surface area contributed by atoms with Crippen LogP contribution in [-0.2, 0) is 4.74 Å². The molecule has 1 atom stereocenters. The van der Waals surface area contributed by atoms with Crippen LogP contribution in [0.2, 0.25) is 0 Å². The van der Waals surface area contributed by atoms with Gasteiger partial charge in [0, 0.05) is 5.70 Å². The quantitative estimate of drug-likeness (QED) is 0.543. The summed E-state index contributed by atoms with van der Waals surface area (Å²) in [7, 11) is 0. The summed E-state index contributed by atoms with van der Waals surface area (Å²) in [6.45, 7) is 12.0. The topological polar surface area (TPSA) is 74.4 Å². The van der Waals surface area contributed by atoms with Gasteiger partial charge in [-0.05, 0) is 13.6 Å². The van der Waals surface area contributed by atoms with Crippen molar-refractivity contribution >= 4 is 12.7 Å². The summed E-state index contributed by atoms with van der Waals surface area (Å²) >= 11 is 0. The Morgan fingerprint density at radius 2 is 2.00 bits per heavy atom. The van der Waals surface area contributed by atoms with Crippen LogP contribution in [0.4, 0.5) is 0 Å². The maximum absolute atomic E-state index is 8.92. The van der Waals surface area contributed by atoms with Crippen molar-refractivity contribution in [3.05, 3.63) is 12.3 Å². The highest BCUT2D eigenvalue weighted by atomic mass is 16.5. The van der Waals surface area contributed by atoms with E-state index in [0.717, 1.165) is 0 Å². The van der Waals surface area contributed by atoms with Gasteiger partial charge in [0.05, 0.1) is 6.61 Å². The first-order chi connectivity index (χ1) is 7.10. The molecule has 0 amide bonds. The van der Waals surface area contributed by atoms with Crippen LogP contribution in [0.5, 0.6) is 0 Å². The summed E-state index contributed by atoms with van der Waals surface area (Å²) in [5.41, 5.74) is 0.529. The van der Waals surface area contributed by atoms with Crippen LogP contribution >= 0.6 is 0 Å². The first kappa shape index (κ1) is 16.2. The molecular formula is C10H20N2O3. The first-order valence-corrected chi connectivity index (χ1v) is 4.72. The molecule has 0 aromatic rings.